The van der Waals surface area contributed by atoms with Crippen LogP contribution in [0.15, 0.2) is 28.7 Å². The number of carbonyl (C=O) groups excluding carboxylic acids is 1. The fraction of sp³-hybridized carbons (Fsp3) is 0.182. The Morgan fingerprint density at radius 1 is 1.38 bits per heavy atom. The highest BCUT2D eigenvalue weighted by atomic mass is 16.3. The molecule has 0 N–H and O–H groups in total. The molecule has 0 bridgehead atoms. The number of hydrogen-bond donors (Lipinski definition) is 0. The van der Waals surface area contributed by atoms with Crippen LogP contribution in [0.4, 0.5) is 0 Å². The molecule has 0 aliphatic rings. The molecule has 0 aliphatic heterocycles. The maximum absolute atomic E-state index is 11.0. The highest BCUT2D eigenvalue weighted by Crippen LogP contribution is 2.22. The zero-order chi connectivity index (χ0) is 9.42. The van der Waals surface area contributed by atoms with Gasteiger partial charge in [0.2, 0.25) is 0 Å². The number of fused-ring (bicyclic) bond motifs is 1. The summed E-state index contributed by atoms with van der Waals surface area (Å²) < 4.78 is 5.36. The smallest absolute Gasteiger partial charge is 0.194 e. The zero-order valence-corrected chi connectivity index (χ0v) is 7.63. The van der Waals surface area contributed by atoms with Crippen molar-refractivity contribution in [1.82, 2.24) is 0 Å². The lowest BCUT2D eigenvalue weighted by molar-refractivity contribution is 0.0989. The number of aryl methyl sites for hydroxylation is 1. The van der Waals surface area contributed by atoms with E-state index in [1.807, 2.05) is 25.1 Å². The van der Waals surface area contributed by atoms with Crippen LogP contribution in [-0.2, 0) is 0 Å². The van der Waals surface area contributed by atoms with Crippen molar-refractivity contribution >= 4 is 16.8 Å². The van der Waals surface area contributed by atoms with E-state index in [0.717, 1.165) is 16.5 Å². The number of carbonyl (C=O) groups is 1. The van der Waals surface area contributed by atoms with Gasteiger partial charge in [-0.25, -0.2) is 0 Å². The minimum absolute atomic E-state index is 0.0319. The molecule has 1 heterocycles. The average Bonchev–Trinajstić information content (AvgIpc) is 2.49. The highest BCUT2D eigenvalue weighted by molar-refractivity contribution is 5.96. The third kappa shape index (κ3) is 1.24. The Bertz CT molecular complexity index is 466. The minimum atomic E-state index is -0.0319. The summed E-state index contributed by atoms with van der Waals surface area (Å²) in [5.41, 5.74) is 1.92. The predicted octanol–water partition coefficient (Wildman–Crippen LogP) is 2.94. The lowest BCUT2D eigenvalue weighted by Gasteiger charge is -1.90. The summed E-state index contributed by atoms with van der Waals surface area (Å²) >= 11 is 0. The van der Waals surface area contributed by atoms with E-state index in [1.165, 1.54) is 6.92 Å². The Balaban J connectivity index is 2.75. The van der Waals surface area contributed by atoms with Gasteiger partial charge in [0.15, 0.2) is 11.5 Å². The van der Waals surface area contributed by atoms with Crippen LogP contribution in [0.5, 0.6) is 0 Å². The molecule has 0 aliphatic carbocycles. The van der Waals surface area contributed by atoms with Gasteiger partial charge in [-0.3, -0.25) is 4.79 Å². The van der Waals surface area contributed by atoms with Crippen LogP contribution in [0.25, 0.3) is 11.0 Å². The fourth-order valence-electron chi connectivity index (χ4n) is 1.38. The van der Waals surface area contributed by atoms with Gasteiger partial charge < -0.3 is 4.42 Å². The monoisotopic (exact) mass is 174 g/mol. The SMILES string of the molecule is CC(=O)c1cc2c(C)cccc2o1. The number of benzene rings is 1. The molecule has 0 atom stereocenters. The van der Waals surface area contributed by atoms with E-state index in [0.29, 0.717) is 5.76 Å². The molecular formula is C11H10O2. The first kappa shape index (κ1) is 8.05. The van der Waals surface area contributed by atoms with Crippen LogP contribution in [0.1, 0.15) is 23.0 Å². The molecule has 0 saturated carbocycles. The number of ketones is 1. The van der Waals surface area contributed by atoms with Gasteiger partial charge in [-0.1, -0.05) is 12.1 Å². The number of furan rings is 1. The van der Waals surface area contributed by atoms with Crippen LogP contribution < -0.4 is 0 Å². The van der Waals surface area contributed by atoms with E-state index >= 15 is 0 Å². The molecular weight excluding hydrogens is 164 g/mol. The summed E-state index contributed by atoms with van der Waals surface area (Å²) in [5.74, 6) is 0.403. The summed E-state index contributed by atoms with van der Waals surface area (Å²) in [6.07, 6.45) is 0. The normalized spacial score (nSPS) is 10.6. The maximum Gasteiger partial charge on any atom is 0.194 e. The van der Waals surface area contributed by atoms with Crippen LogP contribution in [0.2, 0.25) is 0 Å². The molecule has 0 fully saturated rings. The zero-order valence-electron chi connectivity index (χ0n) is 7.63. The molecule has 0 unspecified atom stereocenters. The largest absolute Gasteiger partial charge is 0.453 e. The van der Waals surface area contributed by atoms with Crippen molar-refractivity contribution in [1.29, 1.82) is 0 Å². The molecule has 2 aromatic rings. The standard InChI is InChI=1S/C11H10O2/c1-7-4-3-5-10-9(7)6-11(13-10)8(2)12/h3-6H,1-2H3. The van der Waals surface area contributed by atoms with Crippen LogP contribution >= 0.6 is 0 Å². The summed E-state index contributed by atoms with van der Waals surface area (Å²) in [7, 11) is 0. The quantitative estimate of drug-likeness (QED) is 0.622. The van der Waals surface area contributed by atoms with Gasteiger partial charge in [0, 0.05) is 12.3 Å². The van der Waals surface area contributed by atoms with E-state index < -0.39 is 0 Å². The Labute approximate surface area is 76.2 Å². The summed E-state index contributed by atoms with van der Waals surface area (Å²) in [4.78, 5) is 11.0. The summed E-state index contributed by atoms with van der Waals surface area (Å²) in [6.45, 7) is 3.51. The molecule has 2 heteroatoms. The lowest BCUT2D eigenvalue weighted by Crippen LogP contribution is -1.85. The lowest BCUT2D eigenvalue weighted by atomic mass is 10.1. The Hall–Kier alpha value is -1.57. The highest BCUT2D eigenvalue weighted by Gasteiger charge is 2.08. The Morgan fingerprint density at radius 2 is 2.15 bits per heavy atom. The van der Waals surface area contributed by atoms with Crippen molar-refractivity contribution < 1.29 is 9.21 Å². The number of Topliss-reactive ketones (excluding diaryl/α,β-unsaturated/α-hetero) is 1. The molecule has 2 nitrogen and oxygen atoms in total. The van der Waals surface area contributed by atoms with Gasteiger partial charge in [0.25, 0.3) is 0 Å². The fourth-order valence-corrected chi connectivity index (χ4v) is 1.38. The Kier molecular flexibility index (Phi) is 1.69. The van der Waals surface area contributed by atoms with Gasteiger partial charge in [-0.05, 0) is 24.6 Å². The molecule has 66 valence electrons. The second kappa shape index (κ2) is 2.73. The van der Waals surface area contributed by atoms with E-state index in [-0.39, 0.29) is 5.78 Å². The third-order valence-corrected chi connectivity index (χ3v) is 2.13. The first-order valence-electron chi connectivity index (χ1n) is 4.18. The molecule has 2 rings (SSSR count). The average molecular weight is 174 g/mol. The summed E-state index contributed by atoms with van der Waals surface area (Å²) in [6, 6.07) is 7.59. The van der Waals surface area contributed by atoms with Crippen molar-refractivity contribution in [3.63, 3.8) is 0 Å². The second-order valence-corrected chi connectivity index (χ2v) is 3.15. The van der Waals surface area contributed by atoms with Crippen molar-refractivity contribution in [3.8, 4) is 0 Å². The van der Waals surface area contributed by atoms with Gasteiger partial charge in [0.05, 0.1) is 0 Å². The molecule has 0 saturated heterocycles. The maximum atomic E-state index is 11.0. The van der Waals surface area contributed by atoms with Crippen LogP contribution in [0, 0.1) is 6.92 Å². The van der Waals surface area contributed by atoms with E-state index in [1.54, 1.807) is 6.07 Å². The Morgan fingerprint density at radius 3 is 2.77 bits per heavy atom. The minimum Gasteiger partial charge on any atom is -0.453 e. The van der Waals surface area contributed by atoms with Crippen molar-refractivity contribution in [2.24, 2.45) is 0 Å². The van der Waals surface area contributed by atoms with Gasteiger partial charge >= 0.3 is 0 Å². The van der Waals surface area contributed by atoms with Gasteiger partial charge in [0.1, 0.15) is 5.58 Å². The summed E-state index contributed by atoms with van der Waals surface area (Å²) in [5, 5.41) is 1.02. The van der Waals surface area contributed by atoms with Gasteiger partial charge in [-0.15, -0.1) is 0 Å². The third-order valence-electron chi connectivity index (χ3n) is 2.13. The second-order valence-electron chi connectivity index (χ2n) is 3.15. The first-order valence-corrected chi connectivity index (χ1v) is 4.18. The number of rotatable bonds is 1. The van der Waals surface area contributed by atoms with Crippen molar-refractivity contribution in [3.05, 3.63) is 35.6 Å². The van der Waals surface area contributed by atoms with Crippen LogP contribution in [0.3, 0.4) is 0 Å². The van der Waals surface area contributed by atoms with Crippen molar-refractivity contribution in [2.75, 3.05) is 0 Å². The molecule has 1 aromatic heterocycles. The topological polar surface area (TPSA) is 30.2 Å². The number of hydrogen-bond acceptors (Lipinski definition) is 2. The van der Waals surface area contributed by atoms with Gasteiger partial charge in [-0.2, -0.15) is 0 Å². The van der Waals surface area contributed by atoms with Crippen molar-refractivity contribution in [2.45, 2.75) is 13.8 Å². The predicted molar refractivity (Wildman–Crippen MR) is 51.0 cm³/mol. The first-order chi connectivity index (χ1) is 6.18. The molecule has 1 aromatic carbocycles. The van der Waals surface area contributed by atoms with E-state index in [4.69, 9.17) is 4.42 Å². The molecule has 0 amide bonds. The molecule has 0 radical (unpaired) electrons. The van der Waals surface area contributed by atoms with E-state index in [2.05, 4.69) is 0 Å². The van der Waals surface area contributed by atoms with E-state index in [9.17, 15) is 4.79 Å². The molecule has 13 heavy (non-hydrogen) atoms. The van der Waals surface area contributed by atoms with Crippen LogP contribution in [-0.4, -0.2) is 5.78 Å². The molecule has 0 spiro atoms.